The van der Waals surface area contributed by atoms with E-state index in [-0.39, 0.29) is 24.0 Å². The number of carbonyl (C=O) groups is 3. The molecule has 6 nitrogen and oxygen atoms in total. The number of Topliss-reactive ketones (excluding diaryl/α,β-unsaturated/α-hetero) is 1. The minimum absolute atomic E-state index is 0.169. The lowest BCUT2D eigenvalue weighted by Crippen LogP contribution is -2.41. The van der Waals surface area contributed by atoms with Crippen molar-refractivity contribution in [2.45, 2.75) is 104 Å². The van der Waals surface area contributed by atoms with Crippen LogP contribution < -0.4 is 5.32 Å². The van der Waals surface area contributed by atoms with Gasteiger partial charge in [-0.25, -0.2) is 4.79 Å². The highest BCUT2D eigenvalue weighted by molar-refractivity contribution is 5.84. The third-order valence-corrected chi connectivity index (χ3v) is 4.72. The minimum Gasteiger partial charge on any atom is -0.480 e. The molecule has 0 bridgehead atoms. The number of aliphatic carboxylic acids is 1. The van der Waals surface area contributed by atoms with Gasteiger partial charge in [0.15, 0.2) is 5.78 Å². The predicted molar refractivity (Wildman–Crippen MR) is 120 cm³/mol. The van der Waals surface area contributed by atoms with Crippen LogP contribution in [0.3, 0.4) is 0 Å². The van der Waals surface area contributed by atoms with E-state index in [4.69, 9.17) is 5.11 Å². The van der Waals surface area contributed by atoms with Gasteiger partial charge in [-0.05, 0) is 50.9 Å². The summed E-state index contributed by atoms with van der Waals surface area (Å²) in [5.41, 5.74) is 0. The molecule has 0 rings (SSSR count). The Morgan fingerprint density at radius 2 is 1.57 bits per heavy atom. The molecule has 0 radical (unpaired) electrons. The van der Waals surface area contributed by atoms with Gasteiger partial charge in [0.1, 0.15) is 12.1 Å². The van der Waals surface area contributed by atoms with Gasteiger partial charge in [0, 0.05) is 12.8 Å². The van der Waals surface area contributed by atoms with Gasteiger partial charge in [0.25, 0.3) is 0 Å². The molecule has 1 amide bonds. The summed E-state index contributed by atoms with van der Waals surface area (Å²) in [6, 6.07) is -0.831. The normalized spacial score (nSPS) is 13.8. The molecule has 0 aliphatic rings. The number of nitrogens with one attached hydrogen (secondary N) is 1. The number of carbonyl (C=O) groups excluding carboxylic acids is 2. The van der Waals surface area contributed by atoms with Crippen LogP contribution in [-0.2, 0) is 14.4 Å². The number of carboxylic acids is 1. The van der Waals surface area contributed by atoms with Gasteiger partial charge < -0.3 is 15.5 Å². The molecule has 0 heterocycles. The number of aliphatic hydroxyl groups excluding tert-OH is 1. The largest absolute Gasteiger partial charge is 0.480 e. The second kappa shape index (κ2) is 17.9. The first-order valence-corrected chi connectivity index (χ1v) is 11.3. The van der Waals surface area contributed by atoms with E-state index in [1.807, 2.05) is 32.1 Å². The average Bonchev–Trinajstić information content (AvgIpc) is 2.68. The number of hydrogen-bond acceptors (Lipinski definition) is 4. The van der Waals surface area contributed by atoms with E-state index in [0.717, 1.165) is 25.7 Å². The minimum atomic E-state index is -1.000. The fourth-order valence-electron chi connectivity index (χ4n) is 2.95. The van der Waals surface area contributed by atoms with Crippen LogP contribution in [0.15, 0.2) is 24.3 Å². The molecule has 172 valence electrons. The van der Waals surface area contributed by atoms with E-state index in [0.29, 0.717) is 25.7 Å². The van der Waals surface area contributed by atoms with Crippen molar-refractivity contribution in [2.75, 3.05) is 0 Å². The second-order valence-corrected chi connectivity index (χ2v) is 8.19. The first-order valence-electron chi connectivity index (χ1n) is 11.3. The van der Waals surface area contributed by atoms with E-state index < -0.39 is 18.1 Å². The molecule has 0 aliphatic heterocycles. The Hall–Kier alpha value is -1.95. The highest BCUT2D eigenvalue weighted by atomic mass is 16.4. The van der Waals surface area contributed by atoms with Crippen LogP contribution in [0.1, 0.15) is 91.4 Å². The van der Waals surface area contributed by atoms with Crippen molar-refractivity contribution in [3.63, 3.8) is 0 Å². The zero-order chi connectivity index (χ0) is 22.8. The number of hydrogen-bond donors (Lipinski definition) is 3. The Morgan fingerprint density at radius 1 is 0.933 bits per heavy atom. The van der Waals surface area contributed by atoms with Gasteiger partial charge in [-0.2, -0.15) is 0 Å². The predicted octanol–water partition coefficient (Wildman–Crippen LogP) is 4.57. The topological polar surface area (TPSA) is 104 Å². The Balaban J connectivity index is 3.90. The maximum Gasteiger partial charge on any atom is 0.326 e. The van der Waals surface area contributed by atoms with Crippen LogP contribution >= 0.6 is 0 Å². The number of aliphatic hydroxyl groups is 1. The molecule has 0 aromatic carbocycles. The summed E-state index contributed by atoms with van der Waals surface area (Å²) in [7, 11) is 0. The third-order valence-electron chi connectivity index (χ3n) is 4.72. The Labute approximate surface area is 181 Å². The first-order chi connectivity index (χ1) is 14.3. The van der Waals surface area contributed by atoms with Crippen LogP contribution in [0.25, 0.3) is 0 Å². The molecule has 0 saturated heterocycles. The third kappa shape index (κ3) is 15.9. The van der Waals surface area contributed by atoms with E-state index in [2.05, 4.69) is 12.2 Å². The van der Waals surface area contributed by atoms with Gasteiger partial charge in [-0.15, -0.1) is 0 Å². The monoisotopic (exact) mass is 423 g/mol. The van der Waals surface area contributed by atoms with Gasteiger partial charge in [0.2, 0.25) is 5.91 Å². The van der Waals surface area contributed by atoms with Crippen LogP contribution in [0.2, 0.25) is 0 Å². The zero-order valence-corrected chi connectivity index (χ0v) is 18.9. The lowest BCUT2D eigenvalue weighted by Gasteiger charge is -2.16. The molecule has 6 heteroatoms. The van der Waals surface area contributed by atoms with Gasteiger partial charge >= 0.3 is 5.97 Å². The molecule has 0 fully saturated rings. The summed E-state index contributed by atoms with van der Waals surface area (Å²) in [6.45, 7) is 5.99. The van der Waals surface area contributed by atoms with Gasteiger partial charge in [0.05, 0.1) is 0 Å². The van der Waals surface area contributed by atoms with Crippen molar-refractivity contribution >= 4 is 17.7 Å². The molecule has 1 unspecified atom stereocenters. The summed E-state index contributed by atoms with van der Waals surface area (Å²) < 4.78 is 0. The molecule has 30 heavy (non-hydrogen) atoms. The number of unbranched alkanes of at least 4 members (excludes halogenated alkanes) is 5. The van der Waals surface area contributed by atoms with Crippen LogP contribution in [0, 0.1) is 5.92 Å². The molecular formula is C24H41NO5. The molecule has 0 spiro atoms. The van der Waals surface area contributed by atoms with E-state index in [1.54, 1.807) is 6.08 Å². The quantitative estimate of drug-likeness (QED) is 0.221. The van der Waals surface area contributed by atoms with Crippen LogP contribution in [0.5, 0.6) is 0 Å². The fraction of sp³-hybridized carbons (Fsp3) is 0.708. The maximum absolute atomic E-state index is 11.9. The SMILES string of the molecule is CCCCC/C=C\CC(=O)C(O)C/C=C\CCCCC(=O)N[C@@H](CC(C)C)C(=O)O. The zero-order valence-electron chi connectivity index (χ0n) is 18.9. The maximum atomic E-state index is 11.9. The Bertz CT molecular complexity index is 554. The average molecular weight is 424 g/mol. The number of allylic oxidation sites excluding steroid dienone is 3. The standard InChI is InChI=1S/C24H41NO5/c1-4-5-6-7-9-12-15-21(26)22(27)16-13-10-8-11-14-17-23(28)25-20(24(29)30)18-19(2)3/h9-10,12-13,19-20,22,27H,4-8,11,14-18H2,1-3H3,(H,25,28)(H,29,30)/b12-9-,13-10-/t20-,22?/m0/s1. The summed E-state index contributed by atoms with van der Waals surface area (Å²) >= 11 is 0. The number of amides is 1. The van der Waals surface area contributed by atoms with Crippen LogP contribution in [-0.4, -0.2) is 40.0 Å². The van der Waals surface area contributed by atoms with Gasteiger partial charge in [-0.3, -0.25) is 9.59 Å². The second-order valence-electron chi connectivity index (χ2n) is 8.19. The number of rotatable bonds is 18. The molecule has 0 aromatic rings. The summed E-state index contributed by atoms with van der Waals surface area (Å²) in [4.78, 5) is 34.9. The van der Waals surface area contributed by atoms with Crippen LogP contribution in [0.4, 0.5) is 0 Å². The molecule has 0 aromatic heterocycles. The lowest BCUT2D eigenvalue weighted by atomic mass is 10.0. The van der Waals surface area contributed by atoms with Crippen molar-refractivity contribution in [2.24, 2.45) is 5.92 Å². The van der Waals surface area contributed by atoms with Gasteiger partial charge in [-0.1, -0.05) is 57.9 Å². The number of carboxylic acid groups (broad SMARTS) is 1. The Morgan fingerprint density at radius 3 is 2.17 bits per heavy atom. The highest BCUT2D eigenvalue weighted by Crippen LogP contribution is 2.08. The smallest absolute Gasteiger partial charge is 0.326 e. The Kier molecular flexibility index (Phi) is 16.7. The number of ketones is 1. The first kappa shape index (κ1) is 28.1. The molecule has 0 saturated carbocycles. The van der Waals surface area contributed by atoms with Crippen molar-refractivity contribution in [3.8, 4) is 0 Å². The lowest BCUT2D eigenvalue weighted by molar-refractivity contribution is -0.142. The highest BCUT2D eigenvalue weighted by Gasteiger charge is 2.20. The molecular weight excluding hydrogens is 382 g/mol. The molecule has 3 N–H and O–H groups in total. The summed E-state index contributed by atoms with van der Waals surface area (Å²) in [5.74, 6) is -1.21. The van der Waals surface area contributed by atoms with E-state index in [1.165, 1.54) is 12.8 Å². The molecule has 0 aliphatic carbocycles. The molecule has 2 atom stereocenters. The fourth-order valence-corrected chi connectivity index (χ4v) is 2.95. The summed E-state index contributed by atoms with van der Waals surface area (Å²) in [6.07, 6.45) is 14.5. The van der Waals surface area contributed by atoms with E-state index >= 15 is 0 Å². The van der Waals surface area contributed by atoms with Crippen molar-refractivity contribution in [1.82, 2.24) is 5.32 Å². The van der Waals surface area contributed by atoms with Crippen molar-refractivity contribution in [3.05, 3.63) is 24.3 Å². The van der Waals surface area contributed by atoms with Crippen molar-refractivity contribution in [1.29, 1.82) is 0 Å². The van der Waals surface area contributed by atoms with E-state index in [9.17, 15) is 19.5 Å². The summed E-state index contributed by atoms with van der Waals surface area (Å²) in [5, 5.41) is 21.6. The van der Waals surface area contributed by atoms with Crippen molar-refractivity contribution < 1.29 is 24.6 Å².